The number of rotatable bonds is 9. The number of amides is 1. The molecule has 0 saturated heterocycles. The number of pyridine rings is 1. The first kappa shape index (κ1) is 25.8. The average Bonchev–Trinajstić information content (AvgIpc) is 2.78. The van der Waals surface area contributed by atoms with Gasteiger partial charge in [-0.15, -0.1) is 0 Å². The molecule has 0 bridgehead atoms. The van der Waals surface area contributed by atoms with Crippen LogP contribution in [0.1, 0.15) is 62.2 Å². The smallest absolute Gasteiger partial charge is 0.328 e. The van der Waals surface area contributed by atoms with E-state index in [4.69, 9.17) is 14.2 Å². The quantitative estimate of drug-likeness (QED) is 0.572. The number of hydrogen-bond donors (Lipinski definition) is 1. The molecule has 8 heteroatoms. The normalized spacial score (nSPS) is 13.6. The highest BCUT2D eigenvalue weighted by Crippen LogP contribution is 2.30. The van der Waals surface area contributed by atoms with Crippen molar-refractivity contribution in [1.29, 1.82) is 0 Å². The monoisotopic (exact) mass is 456 g/mol. The summed E-state index contributed by atoms with van der Waals surface area (Å²) < 4.78 is 16.2. The second-order valence-corrected chi connectivity index (χ2v) is 8.25. The number of esters is 2. The molecule has 1 aromatic heterocycles. The summed E-state index contributed by atoms with van der Waals surface area (Å²) in [5, 5.41) is 2.56. The molecule has 0 aliphatic heterocycles. The zero-order chi connectivity index (χ0) is 24.7. The van der Waals surface area contributed by atoms with Crippen LogP contribution in [-0.4, -0.2) is 42.1 Å². The van der Waals surface area contributed by atoms with Gasteiger partial charge in [0, 0.05) is 18.2 Å². The molecule has 33 heavy (non-hydrogen) atoms. The van der Waals surface area contributed by atoms with E-state index in [-0.39, 0.29) is 23.1 Å². The van der Waals surface area contributed by atoms with E-state index in [1.54, 1.807) is 13.8 Å². The van der Waals surface area contributed by atoms with Gasteiger partial charge < -0.3 is 19.5 Å². The van der Waals surface area contributed by atoms with Gasteiger partial charge in [0.05, 0.1) is 13.0 Å². The summed E-state index contributed by atoms with van der Waals surface area (Å²) in [6.45, 7) is 10.7. The number of aromatic nitrogens is 1. The summed E-state index contributed by atoms with van der Waals surface area (Å²) in [7, 11) is 1.39. The molecule has 1 heterocycles. The lowest BCUT2D eigenvalue weighted by molar-refractivity contribution is -0.151. The number of ether oxygens (including phenoxy) is 3. The SMILES string of the molecule is COc1ccnc(C(=O)N[C@@H](C)C(=O)O[C@H](C)[C@H](C)c2ccccc2C)c1OC(=O)C(C)C. The molecular formula is C25H32N2O6. The lowest BCUT2D eigenvalue weighted by atomic mass is 9.92. The fourth-order valence-corrected chi connectivity index (χ4v) is 3.13. The standard InChI is InChI=1S/C25H32N2O6/c1-14(2)24(29)33-22-20(31-7)12-13-26-21(22)23(28)27-17(5)25(30)32-18(6)16(4)19-11-9-8-10-15(19)3/h8-14,16-18H,1-7H3,(H,27,28)/t16-,17-,18+/m0/s1. The fraction of sp³-hybridized carbons (Fsp3) is 0.440. The van der Waals surface area contributed by atoms with Crippen LogP contribution in [0.5, 0.6) is 11.5 Å². The zero-order valence-corrected chi connectivity index (χ0v) is 20.2. The van der Waals surface area contributed by atoms with Gasteiger partial charge in [0.2, 0.25) is 5.75 Å². The lowest BCUT2D eigenvalue weighted by Crippen LogP contribution is -2.41. The Kier molecular flexibility index (Phi) is 8.96. The summed E-state index contributed by atoms with van der Waals surface area (Å²) in [4.78, 5) is 41.6. The van der Waals surface area contributed by atoms with Crippen LogP contribution in [-0.2, 0) is 14.3 Å². The van der Waals surface area contributed by atoms with Gasteiger partial charge in [0.1, 0.15) is 12.1 Å². The maximum atomic E-state index is 12.9. The van der Waals surface area contributed by atoms with Crippen LogP contribution in [0.3, 0.4) is 0 Å². The summed E-state index contributed by atoms with van der Waals surface area (Å²) >= 11 is 0. The predicted molar refractivity (Wildman–Crippen MR) is 123 cm³/mol. The van der Waals surface area contributed by atoms with Crippen molar-refractivity contribution in [2.45, 2.75) is 59.6 Å². The van der Waals surface area contributed by atoms with E-state index < -0.39 is 35.9 Å². The molecule has 0 spiro atoms. The van der Waals surface area contributed by atoms with Crippen LogP contribution in [0.15, 0.2) is 36.5 Å². The van der Waals surface area contributed by atoms with Crippen molar-refractivity contribution in [3.63, 3.8) is 0 Å². The highest BCUT2D eigenvalue weighted by atomic mass is 16.6. The Bertz CT molecular complexity index is 1000. The van der Waals surface area contributed by atoms with Gasteiger partial charge in [-0.1, -0.05) is 45.0 Å². The third-order valence-electron chi connectivity index (χ3n) is 5.36. The molecule has 1 aromatic carbocycles. The molecule has 2 rings (SSSR count). The molecule has 0 aliphatic rings. The van der Waals surface area contributed by atoms with Crippen LogP contribution in [0, 0.1) is 12.8 Å². The minimum atomic E-state index is -0.953. The summed E-state index contributed by atoms with van der Waals surface area (Å²) in [6.07, 6.45) is 0.950. The highest BCUT2D eigenvalue weighted by Gasteiger charge is 2.27. The largest absolute Gasteiger partial charge is 0.493 e. The van der Waals surface area contributed by atoms with Gasteiger partial charge in [-0.2, -0.15) is 0 Å². The van der Waals surface area contributed by atoms with Crippen molar-refractivity contribution < 1.29 is 28.6 Å². The summed E-state index contributed by atoms with van der Waals surface area (Å²) in [5.41, 5.74) is 2.04. The van der Waals surface area contributed by atoms with Crippen molar-refractivity contribution in [1.82, 2.24) is 10.3 Å². The van der Waals surface area contributed by atoms with Gasteiger partial charge in [-0.25, -0.2) is 9.78 Å². The molecule has 0 aliphatic carbocycles. The Morgan fingerprint density at radius 2 is 1.64 bits per heavy atom. The van der Waals surface area contributed by atoms with Gasteiger partial charge in [0.25, 0.3) is 5.91 Å². The topological polar surface area (TPSA) is 104 Å². The van der Waals surface area contributed by atoms with Gasteiger partial charge in [0.15, 0.2) is 11.4 Å². The Hall–Kier alpha value is -3.42. The summed E-state index contributed by atoms with van der Waals surface area (Å²) in [5.74, 6) is -2.18. The number of methoxy groups -OCH3 is 1. The minimum Gasteiger partial charge on any atom is -0.493 e. The minimum absolute atomic E-state index is 0.0276. The predicted octanol–water partition coefficient (Wildman–Crippen LogP) is 3.81. The van der Waals surface area contributed by atoms with Crippen molar-refractivity contribution in [2.24, 2.45) is 5.92 Å². The Morgan fingerprint density at radius 3 is 2.24 bits per heavy atom. The van der Waals surface area contributed by atoms with Crippen molar-refractivity contribution in [3.05, 3.63) is 53.3 Å². The van der Waals surface area contributed by atoms with Gasteiger partial charge in [-0.3, -0.25) is 9.59 Å². The van der Waals surface area contributed by atoms with Crippen molar-refractivity contribution in [3.8, 4) is 11.5 Å². The van der Waals surface area contributed by atoms with Crippen LogP contribution in [0.25, 0.3) is 0 Å². The molecule has 0 saturated carbocycles. The molecule has 3 atom stereocenters. The van der Waals surface area contributed by atoms with Crippen LogP contribution in [0.2, 0.25) is 0 Å². The second-order valence-electron chi connectivity index (χ2n) is 8.25. The Labute approximate surface area is 194 Å². The lowest BCUT2D eigenvalue weighted by Gasteiger charge is -2.24. The van der Waals surface area contributed by atoms with E-state index in [0.717, 1.165) is 11.1 Å². The average molecular weight is 457 g/mol. The van der Waals surface area contributed by atoms with E-state index in [9.17, 15) is 14.4 Å². The number of hydrogen-bond acceptors (Lipinski definition) is 7. The third-order valence-corrected chi connectivity index (χ3v) is 5.36. The van der Waals surface area contributed by atoms with Gasteiger partial charge in [-0.05, 0) is 31.9 Å². The molecule has 0 unspecified atom stereocenters. The second kappa shape index (κ2) is 11.4. The van der Waals surface area contributed by atoms with Crippen LogP contribution >= 0.6 is 0 Å². The number of nitrogens with zero attached hydrogens (tertiary/aromatic N) is 1. The molecule has 8 nitrogen and oxygen atoms in total. The zero-order valence-electron chi connectivity index (χ0n) is 20.2. The number of nitrogens with one attached hydrogen (secondary N) is 1. The van der Waals surface area contributed by atoms with Crippen LogP contribution < -0.4 is 14.8 Å². The summed E-state index contributed by atoms with van der Waals surface area (Å²) in [6, 6.07) is 8.44. The van der Waals surface area contributed by atoms with E-state index in [2.05, 4.69) is 10.3 Å². The van der Waals surface area contributed by atoms with Crippen molar-refractivity contribution >= 4 is 17.8 Å². The van der Waals surface area contributed by atoms with E-state index in [1.165, 1.54) is 26.3 Å². The van der Waals surface area contributed by atoms with E-state index >= 15 is 0 Å². The molecule has 2 aromatic rings. The molecule has 1 N–H and O–H groups in total. The van der Waals surface area contributed by atoms with E-state index in [1.807, 2.05) is 45.0 Å². The molecule has 1 amide bonds. The number of carbonyl (C=O) groups excluding carboxylic acids is 3. The number of carbonyl (C=O) groups is 3. The molecule has 0 radical (unpaired) electrons. The molecular weight excluding hydrogens is 424 g/mol. The van der Waals surface area contributed by atoms with Crippen LogP contribution in [0.4, 0.5) is 0 Å². The fourth-order valence-electron chi connectivity index (χ4n) is 3.13. The third kappa shape index (κ3) is 6.54. The van der Waals surface area contributed by atoms with Crippen molar-refractivity contribution in [2.75, 3.05) is 7.11 Å². The maximum Gasteiger partial charge on any atom is 0.328 e. The van der Waals surface area contributed by atoms with Gasteiger partial charge >= 0.3 is 11.9 Å². The van der Waals surface area contributed by atoms with E-state index in [0.29, 0.717) is 0 Å². The number of aryl methyl sites for hydroxylation is 1. The molecule has 178 valence electrons. The maximum absolute atomic E-state index is 12.9. The first-order chi connectivity index (χ1) is 15.6. The first-order valence-electron chi connectivity index (χ1n) is 10.9. The number of benzene rings is 1. The highest BCUT2D eigenvalue weighted by molar-refractivity contribution is 5.98. The molecule has 0 fully saturated rings. The Balaban J connectivity index is 2.11. The first-order valence-corrected chi connectivity index (χ1v) is 10.9. The Morgan fingerprint density at radius 1 is 0.970 bits per heavy atom.